The van der Waals surface area contributed by atoms with Gasteiger partial charge in [-0.2, -0.15) is 0 Å². The van der Waals surface area contributed by atoms with E-state index in [1.165, 1.54) is 25.3 Å². The largest absolute Gasteiger partial charge is 0.465 e. The Morgan fingerprint density at radius 2 is 1.89 bits per heavy atom. The number of carbonyl (C=O) groups excluding carboxylic acids is 2. The van der Waals surface area contributed by atoms with Crippen LogP contribution in [0.3, 0.4) is 0 Å². The zero-order chi connectivity index (χ0) is 26.1. The second-order valence-corrected chi connectivity index (χ2v) is 15.9. The van der Waals surface area contributed by atoms with Crippen molar-refractivity contribution in [1.29, 1.82) is 0 Å². The van der Waals surface area contributed by atoms with Crippen LogP contribution in [0.15, 0.2) is 36.4 Å². The lowest BCUT2D eigenvalue weighted by Gasteiger charge is -2.44. The molecule has 2 atom stereocenters. The van der Waals surface area contributed by atoms with Crippen molar-refractivity contribution in [2.75, 3.05) is 13.7 Å². The van der Waals surface area contributed by atoms with Gasteiger partial charge in [0.2, 0.25) is 5.91 Å². The fraction of sp³-hybridized carbons (Fsp3) is 0.481. The van der Waals surface area contributed by atoms with E-state index in [0.717, 1.165) is 11.1 Å². The molecule has 0 radical (unpaired) electrons. The number of halogens is 2. The number of ether oxygens (including phenoxy) is 1. The number of fused-ring (bicyclic) bond motifs is 1. The minimum atomic E-state index is -2.10. The fourth-order valence-corrected chi connectivity index (χ4v) is 5.56. The average Bonchev–Trinajstić information content (AvgIpc) is 2.78. The first kappa shape index (κ1) is 27.4. The van der Waals surface area contributed by atoms with Gasteiger partial charge in [0.15, 0.2) is 8.32 Å². The van der Waals surface area contributed by atoms with E-state index in [-0.39, 0.29) is 29.4 Å². The third-order valence-corrected chi connectivity index (χ3v) is 12.3. The molecule has 0 N–H and O–H groups in total. The fourth-order valence-electron chi connectivity index (χ4n) is 4.34. The highest BCUT2D eigenvalue weighted by molar-refractivity contribution is 6.74. The van der Waals surface area contributed by atoms with Crippen molar-refractivity contribution in [3.05, 3.63) is 69.5 Å². The Labute approximate surface area is 213 Å². The van der Waals surface area contributed by atoms with Gasteiger partial charge in [0.1, 0.15) is 5.82 Å². The highest BCUT2D eigenvalue weighted by atomic mass is 35.5. The van der Waals surface area contributed by atoms with Gasteiger partial charge in [0.05, 0.1) is 37.8 Å². The Balaban J connectivity index is 2.00. The normalized spacial score (nSPS) is 18.3. The van der Waals surface area contributed by atoms with Gasteiger partial charge in [0, 0.05) is 5.02 Å². The van der Waals surface area contributed by atoms with E-state index in [4.69, 9.17) is 20.8 Å². The Morgan fingerprint density at radius 3 is 2.51 bits per heavy atom. The van der Waals surface area contributed by atoms with Crippen LogP contribution < -0.4 is 0 Å². The van der Waals surface area contributed by atoms with Crippen molar-refractivity contribution in [2.24, 2.45) is 0 Å². The molecular formula is C27H35ClFNO4Si. The number of carbonyl (C=O) groups is 2. The highest BCUT2D eigenvalue weighted by Crippen LogP contribution is 2.39. The maximum absolute atomic E-state index is 13.9. The summed E-state index contributed by atoms with van der Waals surface area (Å²) in [5, 5.41) is 0.360. The third-order valence-electron chi connectivity index (χ3n) is 7.40. The molecule has 0 bridgehead atoms. The summed E-state index contributed by atoms with van der Waals surface area (Å²) >= 11 is 6.27. The van der Waals surface area contributed by atoms with Gasteiger partial charge in [-0.25, -0.2) is 9.18 Å². The van der Waals surface area contributed by atoms with E-state index in [1.807, 2.05) is 17.9 Å². The number of amides is 1. The molecule has 0 spiro atoms. The monoisotopic (exact) mass is 519 g/mol. The topological polar surface area (TPSA) is 55.8 Å². The molecule has 1 aliphatic heterocycles. The molecular weight excluding hydrogens is 485 g/mol. The number of benzene rings is 2. The number of rotatable bonds is 6. The molecule has 0 aromatic heterocycles. The summed E-state index contributed by atoms with van der Waals surface area (Å²) in [6.45, 7) is 13.1. The molecule has 190 valence electrons. The predicted molar refractivity (Wildman–Crippen MR) is 139 cm³/mol. The summed E-state index contributed by atoms with van der Waals surface area (Å²) in [5.74, 6) is -0.998. The van der Waals surface area contributed by atoms with Gasteiger partial charge in [-0.3, -0.25) is 4.79 Å². The maximum atomic E-state index is 13.9. The molecule has 0 aliphatic carbocycles. The first-order valence-electron chi connectivity index (χ1n) is 11.9. The van der Waals surface area contributed by atoms with Crippen molar-refractivity contribution >= 4 is 31.8 Å². The van der Waals surface area contributed by atoms with Gasteiger partial charge in [-0.15, -0.1) is 0 Å². The summed E-state index contributed by atoms with van der Waals surface area (Å²) in [6, 6.07) is 8.95. The zero-order valence-electron chi connectivity index (χ0n) is 21.6. The number of nitrogens with zero attached hydrogens (tertiary/aromatic N) is 1. The van der Waals surface area contributed by atoms with Crippen molar-refractivity contribution in [2.45, 2.75) is 70.8 Å². The van der Waals surface area contributed by atoms with Crippen LogP contribution in [0.25, 0.3) is 0 Å². The van der Waals surface area contributed by atoms with Crippen molar-refractivity contribution in [3.63, 3.8) is 0 Å². The molecule has 1 heterocycles. The smallest absolute Gasteiger partial charge is 0.338 e. The van der Waals surface area contributed by atoms with Crippen LogP contribution in [0.5, 0.6) is 0 Å². The standard InChI is InChI=1S/C27H35ClFNO4Si/c1-17-21-9-8-10-22(26(32)33-5)23(21)15-20(16-34-35(6,7)27(2,3)4)30(17)25(31)14-18-13-19(29)11-12-24(18)28/h8-13,17,20H,14-16H2,1-7H3/t17-,20+/m0/s1. The first-order valence-corrected chi connectivity index (χ1v) is 15.1. The van der Waals surface area contributed by atoms with Crippen molar-refractivity contribution < 1.29 is 23.1 Å². The molecule has 2 aromatic carbocycles. The maximum Gasteiger partial charge on any atom is 0.338 e. The number of hydrogen-bond acceptors (Lipinski definition) is 4. The van der Waals surface area contributed by atoms with Crippen LogP contribution >= 0.6 is 11.6 Å². The van der Waals surface area contributed by atoms with E-state index in [1.54, 1.807) is 12.1 Å². The van der Waals surface area contributed by atoms with Crippen LogP contribution in [0, 0.1) is 5.82 Å². The van der Waals surface area contributed by atoms with Gasteiger partial charge in [0.25, 0.3) is 0 Å². The number of hydrogen-bond donors (Lipinski definition) is 0. The molecule has 0 unspecified atom stereocenters. The van der Waals surface area contributed by atoms with Crippen molar-refractivity contribution in [1.82, 2.24) is 4.90 Å². The summed E-state index contributed by atoms with van der Waals surface area (Å²) in [7, 11) is -0.734. The van der Waals surface area contributed by atoms with Crippen LogP contribution in [-0.4, -0.2) is 44.9 Å². The van der Waals surface area contributed by atoms with E-state index in [2.05, 4.69) is 33.9 Å². The van der Waals surface area contributed by atoms with Crippen molar-refractivity contribution in [3.8, 4) is 0 Å². The lowest BCUT2D eigenvalue weighted by atomic mass is 9.85. The lowest BCUT2D eigenvalue weighted by Crippen LogP contribution is -2.52. The summed E-state index contributed by atoms with van der Waals surface area (Å²) in [4.78, 5) is 28.0. The molecule has 0 fully saturated rings. The minimum absolute atomic E-state index is 0.00625. The Morgan fingerprint density at radius 1 is 1.20 bits per heavy atom. The SMILES string of the molecule is COC(=O)c1cccc2c1C[C@H](CO[Si](C)(C)C(C)(C)C)N(C(=O)Cc1cc(F)ccc1Cl)[C@H]2C. The van der Waals surface area contributed by atoms with E-state index in [9.17, 15) is 14.0 Å². The molecule has 1 amide bonds. The number of methoxy groups -OCH3 is 1. The molecule has 3 rings (SSSR count). The van der Waals surface area contributed by atoms with E-state index < -0.39 is 20.1 Å². The van der Waals surface area contributed by atoms with Crippen LogP contribution in [0.1, 0.15) is 60.8 Å². The molecule has 0 saturated carbocycles. The predicted octanol–water partition coefficient (Wildman–Crippen LogP) is 6.34. The van der Waals surface area contributed by atoms with E-state index >= 15 is 0 Å². The van der Waals surface area contributed by atoms with Crippen LogP contribution in [0.4, 0.5) is 4.39 Å². The molecule has 2 aromatic rings. The molecule has 5 nitrogen and oxygen atoms in total. The molecule has 1 aliphatic rings. The quantitative estimate of drug-likeness (QED) is 0.330. The van der Waals surface area contributed by atoms with Crippen LogP contribution in [0.2, 0.25) is 23.2 Å². The van der Waals surface area contributed by atoms with Gasteiger partial charge >= 0.3 is 5.97 Å². The molecule has 35 heavy (non-hydrogen) atoms. The summed E-state index contributed by atoms with van der Waals surface area (Å²) in [6.07, 6.45) is 0.436. The van der Waals surface area contributed by atoms with Crippen LogP contribution in [-0.2, 0) is 26.8 Å². The van der Waals surface area contributed by atoms with E-state index in [0.29, 0.717) is 29.2 Å². The Kier molecular flexibility index (Phi) is 8.14. The van der Waals surface area contributed by atoms with Gasteiger partial charge in [-0.1, -0.05) is 44.5 Å². The summed E-state index contributed by atoms with van der Waals surface area (Å²) in [5.41, 5.74) is 2.73. The lowest BCUT2D eigenvalue weighted by molar-refractivity contribution is -0.137. The zero-order valence-corrected chi connectivity index (χ0v) is 23.3. The summed E-state index contributed by atoms with van der Waals surface area (Å²) < 4.78 is 25.4. The third kappa shape index (κ3) is 5.79. The number of esters is 1. The first-order chi connectivity index (χ1) is 16.3. The highest BCUT2D eigenvalue weighted by Gasteiger charge is 2.41. The average molecular weight is 520 g/mol. The second kappa shape index (κ2) is 10.4. The second-order valence-electron chi connectivity index (χ2n) is 10.7. The molecule has 8 heteroatoms. The Hall–Kier alpha value is -2.22. The Bertz CT molecular complexity index is 1110. The minimum Gasteiger partial charge on any atom is -0.465 e. The van der Waals surface area contributed by atoms with Gasteiger partial charge < -0.3 is 14.1 Å². The molecule has 0 saturated heterocycles. The van der Waals surface area contributed by atoms with Gasteiger partial charge in [-0.05, 0) is 72.4 Å².